The van der Waals surface area contributed by atoms with Gasteiger partial charge < -0.3 is 0 Å². The van der Waals surface area contributed by atoms with Crippen LogP contribution >= 0.6 is 11.8 Å². The van der Waals surface area contributed by atoms with Gasteiger partial charge in [0.05, 0.1) is 0 Å². The Morgan fingerprint density at radius 1 is 0.619 bits per heavy atom. The summed E-state index contributed by atoms with van der Waals surface area (Å²) >= 11 is 1.75. The van der Waals surface area contributed by atoms with Gasteiger partial charge in [0, 0.05) is 15.9 Å². The van der Waals surface area contributed by atoms with Gasteiger partial charge in [0.15, 0.2) is 0 Å². The van der Waals surface area contributed by atoms with Gasteiger partial charge in [0.2, 0.25) is 0 Å². The summed E-state index contributed by atoms with van der Waals surface area (Å²) in [6.45, 7) is 0. The zero-order valence-electron chi connectivity index (χ0n) is 11.4. The minimum atomic E-state index is 1.16. The Morgan fingerprint density at radius 2 is 1.33 bits per heavy atom. The lowest BCUT2D eigenvalue weighted by Crippen LogP contribution is -1.79. The third-order valence-corrected chi connectivity index (χ3v) is 4.53. The molecule has 0 amide bonds. The van der Waals surface area contributed by atoms with E-state index >= 15 is 0 Å². The topological polar surface area (TPSA) is 0 Å². The van der Waals surface area contributed by atoms with Crippen LogP contribution in [0.4, 0.5) is 0 Å². The van der Waals surface area contributed by atoms with Crippen LogP contribution in [0.5, 0.6) is 0 Å². The molecular weight excluding hydrogens is 272 g/mol. The van der Waals surface area contributed by atoms with Crippen molar-refractivity contribution < 1.29 is 0 Å². The van der Waals surface area contributed by atoms with Crippen LogP contribution in [0.15, 0.2) is 88.7 Å². The van der Waals surface area contributed by atoms with E-state index in [1.54, 1.807) is 11.8 Å². The highest BCUT2D eigenvalue weighted by atomic mass is 32.2. The molecule has 0 nitrogen and oxygen atoms in total. The van der Waals surface area contributed by atoms with Crippen molar-refractivity contribution in [2.24, 2.45) is 0 Å². The van der Waals surface area contributed by atoms with E-state index in [1.807, 2.05) is 6.07 Å². The van der Waals surface area contributed by atoms with Gasteiger partial charge in [-0.05, 0) is 51.9 Å². The molecule has 0 saturated carbocycles. The third-order valence-electron chi connectivity index (χ3n) is 3.56. The molecule has 4 rings (SSSR count). The first-order valence-electron chi connectivity index (χ1n) is 6.96. The van der Waals surface area contributed by atoms with Crippen molar-refractivity contribution in [2.75, 3.05) is 0 Å². The molecule has 0 heterocycles. The number of benzene rings is 4. The molecule has 0 spiro atoms. The molecule has 0 unspecified atom stereocenters. The largest absolute Gasteiger partial charge is 0.0894 e. The molecule has 1 heteroatoms. The molecule has 0 aliphatic rings. The fourth-order valence-electron chi connectivity index (χ4n) is 2.52. The Balaban J connectivity index is 1.80. The summed E-state index contributed by atoms with van der Waals surface area (Å²) in [4.78, 5) is 2.40. The summed E-state index contributed by atoms with van der Waals surface area (Å²) in [7, 11) is 0. The first-order valence-corrected chi connectivity index (χ1v) is 7.78. The van der Waals surface area contributed by atoms with Crippen LogP contribution in [0.2, 0.25) is 0 Å². The molecule has 0 aliphatic heterocycles. The van der Waals surface area contributed by atoms with Gasteiger partial charge in [-0.25, -0.2) is 0 Å². The highest BCUT2D eigenvalue weighted by Gasteiger charge is 2.02. The molecule has 0 saturated heterocycles. The van der Waals surface area contributed by atoms with Crippen LogP contribution in [0.1, 0.15) is 0 Å². The number of fused-ring (bicyclic) bond motifs is 2. The lowest BCUT2D eigenvalue weighted by molar-refractivity contribution is 1.42. The second-order valence-corrected chi connectivity index (χ2v) is 6.14. The van der Waals surface area contributed by atoms with E-state index in [1.165, 1.54) is 26.4 Å². The molecule has 99 valence electrons. The average molecular weight is 285 g/mol. The first-order chi connectivity index (χ1) is 10.4. The van der Waals surface area contributed by atoms with Gasteiger partial charge in [0.25, 0.3) is 0 Å². The average Bonchev–Trinajstić information content (AvgIpc) is 2.54. The zero-order valence-corrected chi connectivity index (χ0v) is 12.2. The maximum atomic E-state index is 3.53. The molecule has 0 aliphatic carbocycles. The van der Waals surface area contributed by atoms with E-state index in [0.29, 0.717) is 0 Å². The van der Waals surface area contributed by atoms with E-state index in [2.05, 4.69) is 78.9 Å². The lowest BCUT2D eigenvalue weighted by atomic mass is 10.0. The molecule has 21 heavy (non-hydrogen) atoms. The van der Waals surface area contributed by atoms with E-state index in [-0.39, 0.29) is 0 Å². The summed E-state index contributed by atoms with van der Waals surface area (Å²) in [5.74, 6) is 0. The minimum Gasteiger partial charge on any atom is -0.0894 e. The first kappa shape index (κ1) is 12.5. The summed E-state index contributed by atoms with van der Waals surface area (Å²) in [6.07, 6.45) is 0. The standard InChI is InChI=1S/C20H13S/c1-2-8-19(9-3-1)21-20-11-10-17-12-15-6-4-5-7-16(15)13-18(17)14-20/h1-13H. The van der Waals surface area contributed by atoms with Gasteiger partial charge in [0.1, 0.15) is 0 Å². The quantitative estimate of drug-likeness (QED) is 0.410. The van der Waals surface area contributed by atoms with Gasteiger partial charge >= 0.3 is 0 Å². The van der Waals surface area contributed by atoms with Gasteiger partial charge in [-0.3, -0.25) is 0 Å². The van der Waals surface area contributed by atoms with Crippen LogP contribution in [0.25, 0.3) is 21.5 Å². The molecule has 0 N–H and O–H groups in total. The SMILES string of the molecule is [c]1c(Sc2ccccc2)ccc2cc3ccccc3cc12. The maximum Gasteiger partial charge on any atom is 0.0207 e. The Labute approximate surface area is 128 Å². The maximum absolute atomic E-state index is 3.53. The fraction of sp³-hybridized carbons (Fsp3) is 0. The van der Waals surface area contributed by atoms with Crippen LogP contribution in [-0.2, 0) is 0 Å². The van der Waals surface area contributed by atoms with E-state index in [4.69, 9.17) is 0 Å². The predicted octanol–water partition coefficient (Wildman–Crippen LogP) is 5.94. The van der Waals surface area contributed by atoms with Gasteiger partial charge in [-0.15, -0.1) is 0 Å². The van der Waals surface area contributed by atoms with Crippen molar-refractivity contribution in [2.45, 2.75) is 9.79 Å². The Morgan fingerprint density at radius 3 is 2.14 bits per heavy atom. The monoisotopic (exact) mass is 285 g/mol. The summed E-state index contributed by atoms with van der Waals surface area (Å²) in [6, 6.07) is 31.2. The normalized spacial score (nSPS) is 11.0. The van der Waals surface area contributed by atoms with Crippen LogP contribution in [0, 0.1) is 6.07 Å². The smallest absolute Gasteiger partial charge is 0.0207 e. The minimum absolute atomic E-state index is 1.16. The Bertz CT molecular complexity index is 910. The fourth-order valence-corrected chi connectivity index (χ4v) is 3.36. The highest BCUT2D eigenvalue weighted by Crippen LogP contribution is 2.31. The van der Waals surface area contributed by atoms with E-state index in [0.717, 1.165) is 4.90 Å². The Hall–Kier alpha value is -2.25. The van der Waals surface area contributed by atoms with Crippen LogP contribution < -0.4 is 0 Å². The molecule has 0 aromatic heterocycles. The highest BCUT2D eigenvalue weighted by molar-refractivity contribution is 7.99. The molecular formula is C20H13S. The molecule has 1 radical (unpaired) electrons. The number of hydrogen-bond acceptors (Lipinski definition) is 1. The number of hydrogen-bond donors (Lipinski definition) is 0. The van der Waals surface area contributed by atoms with Gasteiger partial charge in [-0.2, -0.15) is 0 Å². The zero-order chi connectivity index (χ0) is 14.1. The number of rotatable bonds is 2. The van der Waals surface area contributed by atoms with Crippen molar-refractivity contribution in [1.82, 2.24) is 0 Å². The summed E-state index contributed by atoms with van der Waals surface area (Å²) in [5.41, 5.74) is 0. The Kier molecular flexibility index (Phi) is 3.13. The summed E-state index contributed by atoms with van der Waals surface area (Å²) < 4.78 is 0. The van der Waals surface area contributed by atoms with Crippen molar-refractivity contribution in [3.63, 3.8) is 0 Å². The second-order valence-electron chi connectivity index (χ2n) is 5.02. The molecule has 4 aromatic carbocycles. The molecule has 0 bridgehead atoms. The molecule has 0 fully saturated rings. The predicted molar refractivity (Wildman–Crippen MR) is 90.9 cm³/mol. The third kappa shape index (κ3) is 2.53. The van der Waals surface area contributed by atoms with E-state index < -0.39 is 0 Å². The van der Waals surface area contributed by atoms with Crippen LogP contribution in [-0.4, -0.2) is 0 Å². The van der Waals surface area contributed by atoms with Gasteiger partial charge in [-0.1, -0.05) is 60.3 Å². The lowest BCUT2D eigenvalue weighted by Gasteiger charge is -2.05. The summed E-state index contributed by atoms with van der Waals surface area (Å²) in [5, 5.41) is 4.96. The van der Waals surface area contributed by atoms with Crippen molar-refractivity contribution in [3.8, 4) is 0 Å². The second kappa shape index (κ2) is 5.27. The molecule has 4 aromatic rings. The van der Waals surface area contributed by atoms with E-state index in [9.17, 15) is 0 Å². The van der Waals surface area contributed by atoms with Crippen molar-refractivity contribution >= 4 is 33.3 Å². The van der Waals surface area contributed by atoms with Crippen molar-refractivity contribution in [1.29, 1.82) is 0 Å². The van der Waals surface area contributed by atoms with Crippen LogP contribution in [0.3, 0.4) is 0 Å². The molecule has 0 atom stereocenters. The van der Waals surface area contributed by atoms with Crippen molar-refractivity contribution in [3.05, 3.63) is 84.9 Å².